The molecule has 1 unspecified atom stereocenters. The van der Waals surface area contributed by atoms with E-state index in [1.165, 1.54) is 12.8 Å². The lowest BCUT2D eigenvalue weighted by atomic mass is 9.99. The van der Waals surface area contributed by atoms with Crippen LogP contribution in [0.5, 0.6) is 5.75 Å². The average Bonchev–Trinajstić information content (AvgIpc) is 2.89. The minimum atomic E-state index is -1.89. The fourth-order valence-electron chi connectivity index (χ4n) is 4.67. The largest absolute Gasteiger partial charge is 0.497 e. The van der Waals surface area contributed by atoms with E-state index in [-0.39, 0.29) is 23.1 Å². The van der Waals surface area contributed by atoms with E-state index in [4.69, 9.17) is 13.9 Å². The van der Waals surface area contributed by atoms with Crippen LogP contribution in [0.3, 0.4) is 0 Å². The third kappa shape index (κ3) is 8.17. The van der Waals surface area contributed by atoms with Gasteiger partial charge in [0.05, 0.1) is 32.5 Å². The molecule has 0 bridgehead atoms. The van der Waals surface area contributed by atoms with E-state index in [0.717, 1.165) is 48.2 Å². The van der Waals surface area contributed by atoms with Gasteiger partial charge in [-0.05, 0) is 72.8 Å². The summed E-state index contributed by atoms with van der Waals surface area (Å²) in [6.07, 6.45) is 7.01. The molecule has 0 aromatic heterocycles. The van der Waals surface area contributed by atoms with Crippen LogP contribution in [0, 0.1) is 0 Å². The monoisotopic (exact) mass is 539 g/mol. The standard InChI is InChI=1S/C32H49NO4Si/c1-8-9-10-13-30(36-23-25-15-21-29(35-5)22-16-25)26-17-19-27(20-18-26)33-28(12-11-14-31(33)34)24-37-38(6,7)32(2,3)4/h15-22,28,30H,8-14,23-24H2,1-7H3/t28-,30?/m1/s1. The number of anilines is 1. The predicted molar refractivity (Wildman–Crippen MR) is 159 cm³/mol. The molecule has 0 N–H and O–H groups in total. The number of nitrogens with zero attached hydrogens (tertiary/aromatic N) is 1. The molecule has 1 aliphatic rings. The Morgan fingerprint density at radius 1 is 1.03 bits per heavy atom. The number of methoxy groups -OCH3 is 1. The van der Waals surface area contributed by atoms with Crippen LogP contribution in [-0.2, 0) is 20.6 Å². The van der Waals surface area contributed by atoms with Crippen LogP contribution in [0.1, 0.15) is 89.9 Å². The summed E-state index contributed by atoms with van der Waals surface area (Å²) in [6.45, 7) is 14.7. The number of amides is 1. The molecule has 0 spiro atoms. The number of piperidine rings is 1. The molecule has 6 heteroatoms. The number of benzene rings is 2. The quantitative estimate of drug-likeness (QED) is 0.189. The number of carbonyl (C=O) groups is 1. The first kappa shape index (κ1) is 30.4. The van der Waals surface area contributed by atoms with Gasteiger partial charge in [0.25, 0.3) is 0 Å². The minimum absolute atomic E-state index is 0.0208. The van der Waals surface area contributed by atoms with Crippen molar-refractivity contribution >= 4 is 19.9 Å². The van der Waals surface area contributed by atoms with E-state index in [1.54, 1.807) is 7.11 Å². The third-order valence-electron chi connectivity index (χ3n) is 8.23. The topological polar surface area (TPSA) is 48.0 Å². The zero-order chi connectivity index (χ0) is 27.8. The highest BCUT2D eigenvalue weighted by Crippen LogP contribution is 2.37. The van der Waals surface area contributed by atoms with Gasteiger partial charge in [0.2, 0.25) is 5.91 Å². The van der Waals surface area contributed by atoms with E-state index in [2.05, 4.69) is 77.2 Å². The lowest BCUT2D eigenvalue weighted by Gasteiger charge is -2.41. The summed E-state index contributed by atoms with van der Waals surface area (Å²) in [5, 5.41) is 0.150. The van der Waals surface area contributed by atoms with Gasteiger partial charge in [0.1, 0.15) is 5.75 Å². The van der Waals surface area contributed by atoms with Crippen LogP contribution < -0.4 is 9.64 Å². The normalized spacial score (nSPS) is 17.5. The zero-order valence-electron chi connectivity index (χ0n) is 24.7. The van der Waals surface area contributed by atoms with Crippen molar-refractivity contribution in [3.05, 3.63) is 59.7 Å². The summed E-state index contributed by atoms with van der Waals surface area (Å²) in [5.41, 5.74) is 3.26. The Morgan fingerprint density at radius 2 is 1.71 bits per heavy atom. The van der Waals surface area contributed by atoms with Crippen molar-refractivity contribution in [2.45, 2.75) is 110 Å². The summed E-state index contributed by atoms with van der Waals surface area (Å²) < 4.78 is 18.3. The first-order valence-corrected chi connectivity index (χ1v) is 17.3. The molecule has 1 saturated heterocycles. The summed E-state index contributed by atoms with van der Waals surface area (Å²) >= 11 is 0. The second-order valence-electron chi connectivity index (χ2n) is 12.1. The number of hydrogen-bond acceptors (Lipinski definition) is 4. The molecule has 0 radical (unpaired) electrons. The predicted octanol–water partition coefficient (Wildman–Crippen LogP) is 8.44. The van der Waals surface area contributed by atoms with Gasteiger partial charge in [-0.3, -0.25) is 4.79 Å². The second-order valence-corrected chi connectivity index (χ2v) is 16.9. The smallest absolute Gasteiger partial charge is 0.227 e. The molecule has 210 valence electrons. The van der Waals surface area contributed by atoms with Crippen LogP contribution in [0.2, 0.25) is 18.1 Å². The third-order valence-corrected chi connectivity index (χ3v) is 12.7. The lowest BCUT2D eigenvalue weighted by Crippen LogP contribution is -2.50. The highest BCUT2D eigenvalue weighted by molar-refractivity contribution is 6.74. The van der Waals surface area contributed by atoms with Crippen molar-refractivity contribution < 1.29 is 18.7 Å². The van der Waals surface area contributed by atoms with Gasteiger partial charge in [0, 0.05) is 12.1 Å². The molecule has 0 aliphatic carbocycles. The maximum absolute atomic E-state index is 13.1. The zero-order valence-corrected chi connectivity index (χ0v) is 25.7. The summed E-state index contributed by atoms with van der Waals surface area (Å²) in [6, 6.07) is 16.6. The molecule has 5 nitrogen and oxygen atoms in total. The van der Waals surface area contributed by atoms with Crippen molar-refractivity contribution in [2.24, 2.45) is 0 Å². The minimum Gasteiger partial charge on any atom is -0.497 e. The summed E-state index contributed by atoms with van der Waals surface area (Å²) in [7, 11) is -0.205. The van der Waals surface area contributed by atoms with E-state index in [9.17, 15) is 4.79 Å². The Kier molecular flexibility index (Phi) is 11.0. The van der Waals surface area contributed by atoms with E-state index < -0.39 is 8.32 Å². The molecule has 38 heavy (non-hydrogen) atoms. The molecule has 1 fully saturated rings. The summed E-state index contributed by atoms with van der Waals surface area (Å²) in [5.74, 6) is 1.05. The Balaban J connectivity index is 1.73. The van der Waals surface area contributed by atoms with Crippen molar-refractivity contribution in [2.75, 3.05) is 18.6 Å². The second kappa shape index (κ2) is 13.8. The van der Waals surface area contributed by atoms with Crippen LogP contribution in [0.15, 0.2) is 48.5 Å². The van der Waals surface area contributed by atoms with E-state index in [0.29, 0.717) is 19.6 Å². The van der Waals surface area contributed by atoms with E-state index in [1.807, 2.05) is 17.0 Å². The van der Waals surface area contributed by atoms with Gasteiger partial charge < -0.3 is 18.8 Å². The molecule has 1 aliphatic heterocycles. The van der Waals surface area contributed by atoms with Crippen LogP contribution in [0.4, 0.5) is 5.69 Å². The van der Waals surface area contributed by atoms with E-state index >= 15 is 0 Å². The molecular formula is C32H49NO4Si. The molecule has 1 heterocycles. The van der Waals surface area contributed by atoms with Gasteiger partial charge in [-0.2, -0.15) is 0 Å². The molecule has 2 aromatic carbocycles. The number of unbranched alkanes of at least 4 members (excludes halogenated alkanes) is 2. The van der Waals surface area contributed by atoms with Crippen molar-refractivity contribution in [3.63, 3.8) is 0 Å². The number of hydrogen-bond donors (Lipinski definition) is 0. The van der Waals surface area contributed by atoms with Gasteiger partial charge in [-0.25, -0.2) is 0 Å². The molecular weight excluding hydrogens is 490 g/mol. The van der Waals surface area contributed by atoms with Gasteiger partial charge in [0.15, 0.2) is 8.32 Å². The molecule has 2 aromatic rings. The first-order chi connectivity index (χ1) is 18.1. The van der Waals surface area contributed by atoms with Crippen molar-refractivity contribution in [3.8, 4) is 5.75 Å². The fourth-order valence-corrected chi connectivity index (χ4v) is 5.71. The Morgan fingerprint density at radius 3 is 2.32 bits per heavy atom. The number of carbonyl (C=O) groups excluding carboxylic acids is 1. The molecule has 1 amide bonds. The number of rotatable bonds is 13. The fraction of sp³-hybridized carbons (Fsp3) is 0.594. The molecule has 0 saturated carbocycles. The first-order valence-electron chi connectivity index (χ1n) is 14.4. The van der Waals surface area contributed by atoms with Crippen molar-refractivity contribution in [1.82, 2.24) is 0 Å². The lowest BCUT2D eigenvalue weighted by molar-refractivity contribution is -0.120. The van der Waals surface area contributed by atoms with Crippen LogP contribution in [-0.4, -0.2) is 34.0 Å². The van der Waals surface area contributed by atoms with Crippen LogP contribution in [0.25, 0.3) is 0 Å². The Bertz CT molecular complexity index is 998. The Hall–Kier alpha value is -2.15. The van der Waals surface area contributed by atoms with Gasteiger partial charge in [-0.1, -0.05) is 71.2 Å². The van der Waals surface area contributed by atoms with Crippen LogP contribution >= 0.6 is 0 Å². The Labute approximate surface area is 232 Å². The molecule has 2 atom stereocenters. The van der Waals surface area contributed by atoms with Crippen molar-refractivity contribution in [1.29, 1.82) is 0 Å². The average molecular weight is 540 g/mol. The maximum Gasteiger partial charge on any atom is 0.227 e. The number of ether oxygens (including phenoxy) is 2. The highest BCUT2D eigenvalue weighted by Gasteiger charge is 2.39. The van der Waals surface area contributed by atoms with Gasteiger partial charge >= 0.3 is 0 Å². The SMILES string of the molecule is CCCCCC(OCc1ccc(OC)cc1)c1ccc(N2C(=O)CCC[C@@H]2CO[Si](C)(C)C(C)(C)C)cc1. The highest BCUT2D eigenvalue weighted by atomic mass is 28.4. The van der Waals surface area contributed by atoms with Gasteiger partial charge in [-0.15, -0.1) is 0 Å². The molecule has 3 rings (SSSR count). The maximum atomic E-state index is 13.1. The summed E-state index contributed by atoms with van der Waals surface area (Å²) in [4.78, 5) is 15.1.